The molecule has 4 aromatic rings. The predicted octanol–water partition coefficient (Wildman–Crippen LogP) is 4.22. The summed E-state index contributed by atoms with van der Waals surface area (Å²) in [5.41, 5.74) is 2.13. The van der Waals surface area contributed by atoms with Crippen LogP contribution in [0.4, 0.5) is 11.5 Å². The molecule has 0 spiro atoms. The Hall–Kier alpha value is -3.95. The molecular formula is C26H26ClN5O4. The van der Waals surface area contributed by atoms with E-state index in [1.165, 1.54) is 11.2 Å². The molecule has 2 N–H and O–H groups in total. The van der Waals surface area contributed by atoms with E-state index in [9.17, 15) is 4.79 Å². The summed E-state index contributed by atoms with van der Waals surface area (Å²) >= 11 is 6.47. The van der Waals surface area contributed by atoms with E-state index in [1.54, 1.807) is 44.4 Å². The molecule has 4 rings (SSSR count). The molecule has 0 bridgehead atoms. The van der Waals surface area contributed by atoms with Crippen LogP contribution in [0.5, 0.6) is 11.5 Å². The molecule has 0 unspecified atom stereocenters. The number of ether oxygens (including phenoxy) is 2. The zero-order chi connectivity index (χ0) is 25.5. The van der Waals surface area contributed by atoms with Crippen molar-refractivity contribution < 1.29 is 19.4 Å². The first-order valence-corrected chi connectivity index (χ1v) is 11.7. The largest absolute Gasteiger partial charge is 0.486 e. The monoisotopic (exact) mass is 507 g/mol. The van der Waals surface area contributed by atoms with Crippen LogP contribution in [0.1, 0.15) is 12.6 Å². The van der Waals surface area contributed by atoms with Gasteiger partial charge >= 0.3 is 0 Å². The maximum atomic E-state index is 12.6. The molecule has 0 saturated heterocycles. The average molecular weight is 508 g/mol. The fourth-order valence-electron chi connectivity index (χ4n) is 3.55. The maximum absolute atomic E-state index is 12.6. The average Bonchev–Trinajstić information content (AvgIpc) is 2.88. The fraction of sp³-hybridized carbons (Fsp3) is 0.231. The summed E-state index contributed by atoms with van der Waals surface area (Å²) in [5, 5.41) is 13.4. The third-order valence-corrected chi connectivity index (χ3v) is 5.68. The second-order valence-electron chi connectivity index (χ2n) is 8.00. The highest BCUT2D eigenvalue weighted by molar-refractivity contribution is 6.32. The number of anilines is 2. The Kier molecular flexibility index (Phi) is 8.14. The lowest BCUT2D eigenvalue weighted by atomic mass is 10.2. The summed E-state index contributed by atoms with van der Waals surface area (Å²) in [7, 11) is 1.62. The molecule has 186 valence electrons. The molecule has 0 aliphatic rings. The number of amides is 1. The first-order chi connectivity index (χ1) is 17.5. The molecule has 10 heteroatoms. The minimum atomic E-state index is -0.773. The minimum Gasteiger partial charge on any atom is -0.486 e. The van der Waals surface area contributed by atoms with Crippen LogP contribution in [0, 0.1) is 0 Å². The van der Waals surface area contributed by atoms with E-state index in [0.29, 0.717) is 45.5 Å². The number of benzene rings is 2. The Morgan fingerprint density at radius 3 is 2.72 bits per heavy atom. The van der Waals surface area contributed by atoms with E-state index in [4.69, 9.17) is 26.2 Å². The Bertz CT molecular complexity index is 1330. The normalized spacial score (nSPS) is 11.7. The number of likely N-dealkylation sites (N-methyl/N-ethyl adjacent to an activating group) is 1. The molecule has 9 nitrogen and oxygen atoms in total. The third kappa shape index (κ3) is 5.99. The van der Waals surface area contributed by atoms with E-state index in [1.807, 2.05) is 30.3 Å². The summed E-state index contributed by atoms with van der Waals surface area (Å²) in [6, 6.07) is 16.3. The number of nitrogens with one attached hydrogen (secondary N) is 1. The van der Waals surface area contributed by atoms with Gasteiger partial charge in [-0.15, -0.1) is 0 Å². The first-order valence-electron chi connectivity index (χ1n) is 11.3. The van der Waals surface area contributed by atoms with Crippen molar-refractivity contribution >= 4 is 39.9 Å². The first kappa shape index (κ1) is 25.2. The van der Waals surface area contributed by atoms with Gasteiger partial charge in [0.25, 0.3) is 5.91 Å². The second kappa shape index (κ2) is 11.7. The zero-order valence-electron chi connectivity index (χ0n) is 19.9. The van der Waals surface area contributed by atoms with Crippen molar-refractivity contribution in [1.29, 1.82) is 0 Å². The number of hydrogen-bond acceptors (Lipinski definition) is 8. The summed E-state index contributed by atoms with van der Waals surface area (Å²) in [4.78, 5) is 27.0. The molecule has 1 amide bonds. The highest BCUT2D eigenvalue weighted by Gasteiger charge is 2.21. The number of halogens is 1. The Morgan fingerprint density at radius 1 is 1.11 bits per heavy atom. The number of pyridine rings is 1. The lowest BCUT2D eigenvalue weighted by molar-refractivity contribution is -0.136. The van der Waals surface area contributed by atoms with Crippen molar-refractivity contribution in [2.75, 3.05) is 25.5 Å². The van der Waals surface area contributed by atoms with E-state index in [2.05, 4.69) is 20.3 Å². The summed E-state index contributed by atoms with van der Waals surface area (Å²) in [5.74, 6) is 1.23. The van der Waals surface area contributed by atoms with Gasteiger partial charge in [-0.05, 0) is 49.4 Å². The van der Waals surface area contributed by atoms with Crippen molar-refractivity contribution in [2.24, 2.45) is 0 Å². The van der Waals surface area contributed by atoms with Crippen LogP contribution in [0.15, 0.2) is 67.1 Å². The fourth-order valence-corrected chi connectivity index (χ4v) is 3.79. The van der Waals surface area contributed by atoms with Gasteiger partial charge in [0.15, 0.2) is 6.10 Å². The van der Waals surface area contributed by atoms with Gasteiger partial charge in [-0.25, -0.2) is 9.97 Å². The third-order valence-electron chi connectivity index (χ3n) is 5.38. The maximum Gasteiger partial charge on any atom is 0.263 e. The Balaban J connectivity index is 1.55. The molecule has 2 aromatic carbocycles. The van der Waals surface area contributed by atoms with Gasteiger partial charge in [0.2, 0.25) is 0 Å². The van der Waals surface area contributed by atoms with Crippen molar-refractivity contribution in [3.8, 4) is 11.5 Å². The molecule has 2 aromatic heterocycles. The number of carbonyl (C=O) groups is 1. The van der Waals surface area contributed by atoms with Gasteiger partial charge in [-0.3, -0.25) is 9.78 Å². The van der Waals surface area contributed by atoms with Crippen molar-refractivity contribution in [2.45, 2.75) is 19.6 Å². The number of aromatic nitrogens is 3. The lowest BCUT2D eigenvalue weighted by Crippen LogP contribution is -2.39. The zero-order valence-corrected chi connectivity index (χ0v) is 20.6. The number of hydrogen-bond donors (Lipinski definition) is 2. The Labute approximate surface area is 213 Å². The van der Waals surface area contributed by atoms with E-state index in [0.717, 1.165) is 5.69 Å². The molecular weight excluding hydrogens is 482 g/mol. The van der Waals surface area contributed by atoms with Crippen molar-refractivity contribution in [3.05, 3.63) is 77.8 Å². The molecule has 0 saturated carbocycles. The van der Waals surface area contributed by atoms with Crippen LogP contribution < -0.4 is 14.8 Å². The lowest BCUT2D eigenvalue weighted by Gasteiger charge is -2.22. The van der Waals surface area contributed by atoms with Crippen molar-refractivity contribution in [1.82, 2.24) is 19.9 Å². The highest BCUT2D eigenvalue weighted by atomic mass is 35.5. The summed E-state index contributed by atoms with van der Waals surface area (Å²) in [6.07, 6.45) is 2.39. The quantitative estimate of drug-likeness (QED) is 0.328. The number of rotatable bonds is 10. The SMILES string of the molecule is C[C@H](Oc1cccc2ncnc(Nc3ccc(OCc4ccccn4)c(Cl)c3)c12)C(=O)N(C)CCO. The molecule has 0 aliphatic carbocycles. The van der Waals surface area contributed by atoms with Gasteiger partial charge in [0, 0.05) is 25.5 Å². The number of carbonyl (C=O) groups excluding carboxylic acids is 1. The Morgan fingerprint density at radius 2 is 1.97 bits per heavy atom. The standard InChI is InChI=1S/C26H26ClN5O4/c1-17(26(34)32(2)12-13-33)36-23-8-5-7-21-24(23)25(30-16-29-21)31-18-9-10-22(20(27)14-18)35-15-19-6-3-4-11-28-19/h3-11,14,16-17,33H,12-13,15H2,1-2H3,(H,29,30,31)/t17-/m0/s1. The van der Waals surface area contributed by atoms with Gasteiger partial charge < -0.3 is 24.8 Å². The van der Waals surface area contributed by atoms with E-state index >= 15 is 0 Å². The smallest absolute Gasteiger partial charge is 0.263 e. The predicted molar refractivity (Wildman–Crippen MR) is 138 cm³/mol. The van der Waals surface area contributed by atoms with Crippen LogP contribution in [-0.4, -0.2) is 57.2 Å². The van der Waals surface area contributed by atoms with Crippen LogP contribution in [0.25, 0.3) is 10.9 Å². The highest BCUT2D eigenvalue weighted by Crippen LogP contribution is 2.34. The summed E-state index contributed by atoms with van der Waals surface area (Å²) in [6.45, 7) is 2.06. The van der Waals surface area contributed by atoms with Crippen LogP contribution in [0.3, 0.4) is 0 Å². The molecule has 2 heterocycles. The molecule has 0 aliphatic heterocycles. The molecule has 0 radical (unpaired) electrons. The van der Waals surface area contributed by atoms with Gasteiger partial charge in [-0.1, -0.05) is 23.7 Å². The van der Waals surface area contributed by atoms with Crippen LogP contribution >= 0.6 is 11.6 Å². The molecule has 36 heavy (non-hydrogen) atoms. The van der Waals surface area contributed by atoms with Crippen LogP contribution in [0.2, 0.25) is 5.02 Å². The topological polar surface area (TPSA) is 110 Å². The van der Waals surface area contributed by atoms with Gasteiger partial charge in [-0.2, -0.15) is 0 Å². The second-order valence-corrected chi connectivity index (χ2v) is 8.40. The number of aliphatic hydroxyl groups excluding tert-OH is 1. The van der Waals surface area contributed by atoms with Gasteiger partial charge in [0.1, 0.15) is 30.3 Å². The van der Waals surface area contributed by atoms with Gasteiger partial charge in [0.05, 0.1) is 28.2 Å². The van der Waals surface area contributed by atoms with Crippen molar-refractivity contribution in [3.63, 3.8) is 0 Å². The molecule has 0 fully saturated rings. The number of fused-ring (bicyclic) bond motifs is 1. The van der Waals surface area contributed by atoms with Crippen LogP contribution in [-0.2, 0) is 11.4 Å². The minimum absolute atomic E-state index is 0.124. The number of nitrogens with zero attached hydrogens (tertiary/aromatic N) is 4. The van der Waals surface area contributed by atoms with E-state index < -0.39 is 6.10 Å². The number of aliphatic hydroxyl groups is 1. The van der Waals surface area contributed by atoms with E-state index in [-0.39, 0.29) is 19.1 Å². The summed E-state index contributed by atoms with van der Waals surface area (Å²) < 4.78 is 11.8. The molecule has 1 atom stereocenters.